The second-order valence-corrected chi connectivity index (χ2v) is 5.15. The third kappa shape index (κ3) is 4.53. The van der Waals surface area contributed by atoms with Gasteiger partial charge in [0.25, 0.3) is 0 Å². The molecule has 1 aromatic rings. The molecule has 0 radical (unpaired) electrons. The minimum absolute atomic E-state index is 0.107. The highest BCUT2D eigenvalue weighted by molar-refractivity contribution is 5.78. The number of nitrogens with one attached hydrogen (secondary N) is 1. The molecule has 1 atom stereocenters. The fraction of sp³-hybridized carbons (Fsp3) is 0.467. The summed E-state index contributed by atoms with van der Waals surface area (Å²) < 4.78 is 17.5. The van der Waals surface area contributed by atoms with Crippen molar-refractivity contribution in [1.82, 2.24) is 10.2 Å². The molecule has 5 nitrogen and oxygen atoms in total. The molecule has 0 spiro atoms. The summed E-state index contributed by atoms with van der Waals surface area (Å²) in [6.07, 6.45) is 0.720. The monoisotopic (exact) mass is 294 g/mol. The van der Waals surface area contributed by atoms with Gasteiger partial charge in [-0.3, -0.25) is 14.5 Å². The smallest absolute Gasteiger partial charge is 0.310 e. The number of carbonyl (C=O) groups excluding carboxylic acids is 2. The largest absolute Gasteiger partial charge is 0.469 e. The van der Waals surface area contributed by atoms with Gasteiger partial charge >= 0.3 is 5.97 Å². The first-order chi connectivity index (χ1) is 10.1. The van der Waals surface area contributed by atoms with Crippen LogP contribution < -0.4 is 5.32 Å². The van der Waals surface area contributed by atoms with Gasteiger partial charge in [0.15, 0.2) is 0 Å². The van der Waals surface area contributed by atoms with Gasteiger partial charge in [-0.25, -0.2) is 4.39 Å². The van der Waals surface area contributed by atoms with E-state index in [2.05, 4.69) is 5.32 Å². The minimum atomic E-state index is -0.295. The molecule has 1 unspecified atom stereocenters. The summed E-state index contributed by atoms with van der Waals surface area (Å²) in [4.78, 5) is 25.2. The third-order valence-electron chi connectivity index (χ3n) is 3.58. The van der Waals surface area contributed by atoms with Crippen molar-refractivity contribution < 1.29 is 18.7 Å². The van der Waals surface area contributed by atoms with Gasteiger partial charge in [0.05, 0.1) is 19.6 Å². The van der Waals surface area contributed by atoms with Crippen LogP contribution in [0.5, 0.6) is 0 Å². The zero-order valence-electron chi connectivity index (χ0n) is 12.0. The number of amides is 1. The topological polar surface area (TPSA) is 58.6 Å². The van der Waals surface area contributed by atoms with Crippen molar-refractivity contribution in [2.45, 2.75) is 13.0 Å². The van der Waals surface area contributed by atoms with E-state index in [1.807, 2.05) is 4.90 Å². The lowest BCUT2D eigenvalue weighted by molar-refractivity contribution is -0.145. The number of halogens is 1. The van der Waals surface area contributed by atoms with Gasteiger partial charge < -0.3 is 10.1 Å². The van der Waals surface area contributed by atoms with E-state index >= 15 is 0 Å². The molecule has 1 N–H and O–H groups in total. The number of hydrogen-bond acceptors (Lipinski definition) is 4. The van der Waals surface area contributed by atoms with Crippen LogP contribution in [-0.4, -0.2) is 43.5 Å². The summed E-state index contributed by atoms with van der Waals surface area (Å²) in [6.45, 7) is 1.89. The first-order valence-corrected chi connectivity index (χ1v) is 6.90. The van der Waals surface area contributed by atoms with Crippen molar-refractivity contribution in [2.75, 3.05) is 26.7 Å². The summed E-state index contributed by atoms with van der Waals surface area (Å²) in [7, 11) is 1.38. The number of ether oxygens (including phenoxy) is 1. The van der Waals surface area contributed by atoms with E-state index in [9.17, 15) is 14.0 Å². The Hall–Kier alpha value is -1.95. The number of rotatable bonds is 5. The maximum absolute atomic E-state index is 12.8. The molecule has 21 heavy (non-hydrogen) atoms. The van der Waals surface area contributed by atoms with Crippen LogP contribution in [0.25, 0.3) is 0 Å². The Morgan fingerprint density at radius 1 is 1.38 bits per heavy atom. The van der Waals surface area contributed by atoms with Crippen LogP contribution in [0.3, 0.4) is 0 Å². The number of esters is 1. The fourth-order valence-electron chi connectivity index (χ4n) is 2.40. The Morgan fingerprint density at radius 2 is 2.10 bits per heavy atom. The molecule has 1 fully saturated rings. The molecular formula is C15H19FN2O3. The van der Waals surface area contributed by atoms with Gasteiger partial charge in [0.2, 0.25) is 5.91 Å². The molecule has 0 bridgehead atoms. The van der Waals surface area contributed by atoms with Crippen LogP contribution in [-0.2, 0) is 20.9 Å². The van der Waals surface area contributed by atoms with Crippen molar-refractivity contribution in [3.05, 3.63) is 35.6 Å². The van der Waals surface area contributed by atoms with Crippen molar-refractivity contribution in [2.24, 2.45) is 5.92 Å². The Bertz CT molecular complexity index is 504. The standard InChI is InChI=1S/C15H19FN2O3/c1-21-15(20)12-6-7-18(9-12)10-14(19)17-8-11-2-4-13(16)5-3-11/h2-5,12H,6-10H2,1H3,(H,17,19). The first-order valence-electron chi connectivity index (χ1n) is 6.90. The maximum Gasteiger partial charge on any atom is 0.310 e. The summed E-state index contributed by atoms with van der Waals surface area (Å²) >= 11 is 0. The van der Waals surface area contributed by atoms with Crippen LogP contribution in [0, 0.1) is 11.7 Å². The van der Waals surface area contributed by atoms with Crippen molar-refractivity contribution in [3.8, 4) is 0 Å². The molecule has 1 heterocycles. The van der Waals surface area contributed by atoms with Gasteiger partial charge in [-0.15, -0.1) is 0 Å². The van der Waals surface area contributed by atoms with Crippen molar-refractivity contribution >= 4 is 11.9 Å². The SMILES string of the molecule is COC(=O)C1CCN(CC(=O)NCc2ccc(F)cc2)C1. The lowest BCUT2D eigenvalue weighted by Gasteiger charge is -2.15. The maximum atomic E-state index is 12.8. The van der Waals surface area contributed by atoms with Crippen LogP contribution in [0.1, 0.15) is 12.0 Å². The third-order valence-corrected chi connectivity index (χ3v) is 3.58. The molecule has 1 aliphatic heterocycles. The first kappa shape index (κ1) is 15.4. The number of nitrogens with zero attached hydrogens (tertiary/aromatic N) is 1. The fourth-order valence-corrected chi connectivity index (χ4v) is 2.40. The second kappa shape index (κ2) is 7.17. The Balaban J connectivity index is 1.73. The molecule has 0 saturated carbocycles. The van der Waals surface area contributed by atoms with E-state index in [4.69, 9.17) is 4.74 Å². The van der Waals surface area contributed by atoms with E-state index < -0.39 is 0 Å². The van der Waals surface area contributed by atoms with Gasteiger partial charge in [-0.1, -0.05) is 12.1 Å². The van der Waals surface area contributed by atoms with Crippen molar-refractivity contribution in [3.63, 3.8) is 0 Å². The number of hydrogen-bond donors (Lipinski definition) is 1. The van der Waals surface area contributed by atoms with Gasteiger partial charge in [0.1, 0.15) is 5.82 Å². The Kier molecular flexibility index (Phi) is 5.27. The summed E-state index contributed by atoms with van der Waals surface area (Å²) in [5.74, 6) is -0.759. The summed E-state index contributed by atoms with van der Waals surface area (Å²) in [5.41, 5.74) is 0.846. The Morgan fingerprint density at radius 3 is 2.76 bits per heavy atom. The predicted octanol–water partition coefficient (Wildman–Crippen LogP) is 0.937. The summed E-state index contributed by atoms with van der Waals surface area (Å²) in [5, 5.41) is 2.78. The predicted molar refractivity (Wildman–Crippen MR) is 74.8 cm³/mol. The van der Waals surface area contributed by atoms with Gasteiger partial charge in [-0.05, 0) is 30.7 Å². The molecule has 6 heteroatoms. The van der Waals surface area contributed by atoms with Crippen LogP contribution in [0.4, 0.5) is 4.39 Å². The zero-order valence-corrected chi connectivity index (χ0v) is 12.0. The molecule has 0 aromatic heterocycles. The number of carbonyl (C=O) groups is 2. The number of benzene rings is 1. The molecular weight excluding hydrogens is 275 g/mol. The zero-order chi connectivity index (χ0) is 15.2. The van der Waals surface area contributed by atoms with E-state index in [0.29, 0.717) is 19.6 Å². The molecule has 0 aliphatic carbocycles. The number of likely N-dealkylation sites (tertiary alicyclic amines) is 1. The lowest BCUT2D eigenvalue weighted by atomic mass is 10.1. The molecule has 1 saturated heterocycles. The average Bonchev–Trinajstić information content (AvgIpc) is 2.94. The highest BCUT2D eigenvalue weighted by Crippen LogP contribution is 2.16. The Labute approximate surface area is 123 Å². The molecule has 1 amide bonds. The second-order valence-electron chi connectivity index (χ2n) is 5.15. The highest BCUT2D eigenvalue weighted by Gasteiger charge is 2.29. The minimum Gasteiger partial charge on any atom is -0.469 e. The quantitative estimate of drug-likeness (QED) is 0.821. The molecule has 1 aliphatic rings. The van der Waals surface area contributed by atoms with Crippen LogP contribution in [0.2, 0.25) is 0 Å². The summed E-state index contributed by atoms with van der Waals surface area (Å²) in [6, 6.07) is 6.00. The molecule has 114 valence electrons. The average molecular weight is 294 g/mol. The van der Waals surface area contributed by atoms with Crippen LogP contribution in [0.15, 0.2) is 24.3 Å². The van der Waals surface area contributed by atoms with Gasteiger partial charge in [-0.2, -0.15) is 0 Å². The van der Waals surface area contributed by atoms with Crippen molar-refractivity contribution in [1.29, 1.82) is 0 Å². The van der Waals surface area contributed by atoms with Crippen LogP contribution >= 0.6 is 0 Å². The lowest BCUT2D eigenvalue weighted by Crippen LogP contribution is -2.36. The van der Waals surface area contributed by atoms with Gasteiger partial charge in [0, 0.05) is 13.1 Å². The van der Waals surface area contributed by atoms with E-state index in [1.165, 1.54) is 19.2 Å². The highest BCUT2D eigenvalue weighted by atomic mass is 19.1. The molecule has 2 rings (SSSR count). The van der Waals surface area contributed by atoms with E-state index in [0.717, 1.165) is 12.0 Å². The normalized spacial score (nSPS) is 18.5. The van der Waals surface area contributed by atoms with E-state index in [-0.39, 0.29) is 30.2 Å². The molecule has 1 aromatic carbocycles. The van der Waals surface area contributed by atoms with E-state index in [1.54, 1.807) is 12.1 Å². The number of methoxy groups -OCH3 is 1.